The Kier molecular flexibility index (Phi) is 8.77. The topological polar surface area (TPSA) is 53.7 Å². The number of nitrogens with one attached hydrogen (secondary N) is 2. The van der Waals surface area contributed by atoms with Crippen molar-refractivity contribution in [2.45, 2.75) is 33.2 Å². The predicted molar refractivity (Wildman–Crippen MR) is 106 cm³/mol. The molecular weight excluding hydrogens is 457 g/mol. The minimum Gasteiger partial charge on any atom is -0.357 e. The van der Waals surface area contributed by atoms with Gasteiger partial charge in [-0.05, 0) is 41.4 Å². The number of guanidine groups is 1. The number of nitrogens with zero attached hydrogens (tertiary/aromatic N) is 3. The summed E-state index contributed by atoms with van der Waals surface area (Å²) in [7, 11) is 0. The molecule has 2 rings (SSSR count). The van der Waals surface area contributed by atoms with Gasteiger partial charge in [-0.1, -0.05) is 13.3 Å². The van der Waals surface area contributed by atoms with Crippen molar-refractivity contribution < 1.29 is 0 Å². The van der Waals surface area contributed by atoms with E-state index in [2.05, 4.69) is 50.4 Å². The fourth-order valence-corrected chi connectivity index (χ4v) is 2.33. The lowest BCUT2D eigenvalue weighted by atomic mass is 10.3. The van der Waals surface area contributed by atoms with Crippen molar-refractivity contribution in [2.24, 2.45) is 4.99 Å². The molecule has 2 aromatic rings. The van der Waals surface area contributed by atoms with Gasteiger partial charge in [-0.25, -0.2) is 9.98 Å². The molecule has 0 aliphatic carbocycles. The van der Waals surface area contributed by atoms with Crippen molar-refractivity contribution in [3.05, 3.63) is 34.7 Å². The summed E-state index contributed by atoms with van der Waals surface area (Å²) in [5, 5.41) is 6.58. The van der Waals surface area contributed by atoms with Gasteiger partial charge in [0.15, 0.2) is 5.96 Å². The Morgan fingerprint density at radius 3 is 2.82 bits per heavy atom. The van der Waals surface area contributed by atoms with Crippen LogP contribution in [0.4, 0.5) is 0 Å². The summed E-state index contributed by atoms with van der Waals surface area (Å²) in [6, 6.07) is 3.98. The number of fused-ring (bicyclic) bond motifs is 1. The number of pyridine rings is 1. The lowest BCUT2D eigenvalue weighted by molar-refractivity contribution is 0.729. The average molecular weight is 480 g/mol. The lowest BCUT2D eigenvalue weighted by Crippen LogP contribution is -2.37. The molecule has 0 aliphatic heterocycles. The smallest absolute Gasteiger partial charge is 0.191 e. The van der Waals surface area contributed by atoms with E-state index in [9.17, 15) is 0 Å². The van der Waals surface area contributed by atoms with Gasteiger partial charge in [0.2, 0.25) is 0 Å². The molecule has 0 fully saturated rings. The second-order valence-corrected chi connectivity index (χ2v) is 5.74. The first-order valence-electron chi connectivity index (χ1n) is 7.38. The van der Waals surface area contributed by atoms with Crippen LogP contribution < -0.4 is 10.6 Å². The number of hydrogen-bond donors (Lipinski definition) is 2. The molecule has 5 nitrogen and oxygen atoms in total. The van der Waals surface area contributed by atoms with E-state index in [0.29, 0.717) is 6.54 Å². The van der Waals surface area contributed by atoms with Crippen LogP contribution in [0.2, 0.25) is 0 Å². The predicted octanol–water partition coefficient (Wildman–Crippen LogP) is 3.57. The zero-order valence-corrected chi connectivity index (χ0v) is 16.9. The highest BCUT2D eigenvalue weighted by atomic mass is 127. The summed E-state index contributed by atoms with van der Waals surface area (Å²) >= 11 is 3.46. The Morgan fingerprint density at radius 1 is 1.27 bits per heavy atom. The highest BCUT2D eigenvalue weighted by Crippen LogP contribution is 2.12. The maximum Gasteiger partial charge on any atom is 0.191 e. The van der Waals surface area contributed by atoms with E-state index in [4.69, 9.17) is 0 Å². The van der Waals surface area contributed by atoms with Crippen molar-refractivity contribution in [1.82, 2.24) is 20.0 Å². The number of aliphatic imine (C=N–C) groups is 1. The van der Waals surface area contributed by atoms with E-state index in [-0.39, 0.29) is 24.0 Å². The van der Waals surface area contributed by atoms with Crippen LogP contribution in [0.15, 0.2) is 34.0 Å². The molecule has 122 valence electrons. The second-order valence-electron chi connectivity index (χ2n) is 4.82. The second kappa shape index (κ2) is 10.0. The number of imidazole rings is 1. The van der Waals surface area contributed by atoms with Gasteiger partial charge in [0.1, 0.15) is 5.65 Å². The molecule has 2 heterocycles. The van der Waals surface area contributed by atoms with E-state index in [1.165, 1.54) is 6.42 Å². The zero-order valence-electron chi connectivity index (χ0n) is 13.0. The summed E-state index contributed by atoms with van der Waals surface area (Å²) in [6.45, 7) is 6.62. The van der Waals surface area contributed by atoms with Crippen LogP contribution in [0.5, 0.6) is 0 Å². The third-order valence-corrected chi connectivity index (χ3v) is 3.50. The van der Waals surface area contributed by atoms with Crippen LogP contribution in [0.3, 0.4) is 0 Å². The molecule has 0 unspecified atom stereocenters. The van der Waals surface area contributed by atoms with Gasteiger partial charge in [-0.2, -0.15) is 0 Å². The SMILES string of the molecule is CCCCNC(=NCc1cn2cc(Br)ccc2n1)NCC.I. The van der Waals surface area contributed by atoms with Gasteiger partial charge in [-0.3, -0.25) is 0 Å². The summed E-state index contributed by atoms with van der Waals surface area (Å²) in [4.78, 5) is 9.14. The molecule has 7 heteroatoms. The minimum absolute atomic E-state index is 0. The van der Waals surface area contributed by atoms with Gasteiger partial charge < -0.3 is 15.0 Å². The number of hydrogen-bond acceptors (Lipinski definition) is 2. The Hall–Kier alpha value is -0.830. The van der Waals surface area contributed by atoms with E-state index in [1.54, 1.807) is 0 Å². The molecule has 0 saturated carbocycles. The van der Waals surface area contributed by atoms with Gasteiger partial charge in [0.05, 0.1) is 12.2 Å². The summed E-state index contributed by atoms with van der Waals surface area (Å²) in [5.74, 6) is 0.851. The first-order chi connectivity index (χ1) is 10.2. The summed E-state index contributed by atoms with van der Waals surface area (Å²) in [6.07, 6.45) is 6.33. The fraction of sp³-hybridized carbons (Fsp3) is 0.467. The van der Waals surface area contributed by atoms with Crippen LogP contribution in [0.1, 0.15) is 32.4 Å². The number of rotatable bonds is 6. The molecule has 2 N–H and O–H groups in total. The van der Waals surface area contributed by atoms with E-state index < -0.39 is 0 Å². The highest BCUT2D eigenvalue weighted by molar-refractivity contribution is 14.0. The maximum atomic E-state index is 4.58. The number of unbranched alkanes of at least 4 members (excludes halogenated alkanes) is 1. The highest BCUT2D eigenvalue weighted by Gasteiger charge is 2.02. The van der Waals surface area contributed by atoms with Crippen molar-refractivity contribution in [2.75, 3.05) is 13.1 Å². The average Bonchev–Trinajstić information content (AvgIpc) is 2.87. The van der Waals surface area contributed by atoms with Crippen LogP contribution in [0, 0.1) is 0 Å². The molecule has 0 aliphatic rings. The van der Waals surface area contributed by atoms with Crippen molar-refractivity contribution >= 4 is 51.5 Å². The molecule has 0 bridgehead atoms. The van der Waals surface area contributed by atoms with Crippen LogP contribution >= 0.6 is 39.9 Å². The van der Waals surface area contributed by atoms with Crippen LogP contribution in [0.25, 0.3) is 5.65 Å². The zero-order chi connectivity index (χ0) is 15.1. The first kappa shape index (κ1) is 19.2. The Bertz CT molecular complexity index is 611. The molecule has 0 aromatic carbocycles. The molecule has 0 saturated heterocycles. The molecule has 22 heavy (non-hydrogen) atoms. The Labute approximate surface area is 157 Å². The summed E-state index contributed by atoms with van der Waals surface area (Å²) < 4.78 is 3.05. The van der Waals surface area contributed by atoms with E-state index >= 15 is 0 Å². The molecule has 0 amide bonds. The fourth-order valence-electron chi connectivity index (χ4n) is 1.98. The Morgan fingerprint density at radius 2 is 2.09 bits per heavy atom. The van der Waals surface area contributed by atoms with Gasteiger partial charge in [0, 0.05) is 30.0 Å². The first-order valence-corrected chi connectivity index (χ1v) is 8.17. The quantitative estimate of drug-likeness (QED) is 0.288. The van der Waals surface area contributed by atoms with Crippen molar-refractivity contribution in [1.29, 1.82) is 0 Å². The van der Waals surface area contributed by atoms with Crippen molar-refractivity contribution in [3.8, 4) is 0 Å². The molecule has 0 spiro atoms. The molecule has 0 atom stereocenters. The normalized spacial score (nSPS) is 11.3. The third kappa shape index (κ3) is 5.75. The number of aromatic nitrogens is 2. The lowest BCUT2D eigenvalue weighted by Gasteiger charge is -2.10. The molecule has 2 aromatic heterocycles. The summed E-state index contributed by atoms with van der Waals surface area (Å²) in [5.41, 5.74) is 1.90. The monoisotopic (exact) mass is 479 g/mol. The largest absolute Gasteiger partial charge is 0.357 e. The standard InChI is InChI=1S/C15H22BrN5.HI/c1-3-5-8-18-15(17-4-2)19-9-13-11-21-10-12(16)6-7-14(21)20-13;/h6-7,10-11H,3-5,8-9H2,1-2H3,(H2,17,18,19);1H. The molecular formula is C15H23BrIN5. The van der Waals surface area contributed by atoms with E-state index in [0.717, 1.165) is 41.3 Å². The van der Waals surface area contributed by atoms with E-state index in [1.807, 2.05) is 28.9 Å². The third-order valence-electron chi connectivity index (χ3n) is 3.03. The van der Waals surface area contributed by atoms with Gasteiger partial charge in [-0.15, -0.1) is 24.0 Å². The minimum atomic E-state index is 0. The van der Waals surface area contributed by atoms with Crippen LogP contribution in [-0.2, 0) is 6.54 Å². The van der Waals surface area contributed by atoms with Crippen LogP contribution in [-0.4, -0.2) is 28.4 Å². The van der Waals surface area contributed by atoms with Gasteiger partial charge in [0.25, 0.3) is 0 Å². The number of halogens is 2. The van der Waals surface area contributed by atoms with Gasteiger partial charge >= 0.3 is 0 Å². The Balaban J connectivity index is 0.00000242. The maximum absolute atomic E-state index is 4.58. The molecule has 0 radical (unpaired) electrons. The van der Waals surface area contributed by atoms with Crippen molar-refractivity contribution in [3.63, 3.8) is 0 Å².